The Balaban J connectivity index is 1.17. The fourth-order valence-electron chi connectivity index (χ4n) is 6.34. The van der Waals surface area contributed by atoms with Crippen LogP contribution in [0.5, 0.6) is 0 Å². The maximum absolute atomic E-state index is 4.81. The lowest BCUT2D eigenvalue weighted by Crippen LogP contribution is -2.29. The molecule has 1 aromatic heterocycles. The van der Waals surface area contributed by atoms with Crippen molar-refractivity contribution in [2.24, 2.45) is 4.99 Å². The number of nitrogens with one attached hydrogen (secondary N) is 2. The van der Waals surface area contributed by atoms with Crippen LogP contribution < -0.4 is 5.32 Å². The maximum Gasteiger partial charge on any atom is 0.109 e. The molecular formula is C32H32N4. The third-order valence-electron chi connectivity index (χ3n) is 8.33. The topological polar surface area (TPSA) is 53.1 Å². The van der Waals surface area contributed by atoms with Gasteiger partial charge in [-0.1, -0.05) is 73.5 Å². The first-order chi connectivity index (χ1) is 17.8. The molecule has 2 fully saturated rings. The molecule has 1 saturated carbocycles. The number of aromatic amines is 1. The fraction of sp³-hybridized carbons (Fsp3) is 0.312. The number of aromatic nitrogens is 2. The molecule has 1 aliphatic carbocycles. The van der Waals surface area contributed by atoms with Gasteiger partial charge in [0.05, 0.1) is 11.9 Å². The molecule has 180 valence electrons. The van der Waals surface area contributed by atoms with Crippen LogP contribution in [0.25, 0.3) is 38.7 Å². The summed E-state index contributed by atoms with van der Waals surface area (Å²) in [5.74, 6) is 1.76. The molecule has 4 heteroatoms. The molecule has 36 heavy (non-hydrogen) atoms. The molecule has 3 heterocycles. The Bertz CT molecular complexity index is 1460. The van der Waals surface area contributed by atoms with Gasteiger partial charge in [0, 0.05) is 30.3 Å². The number of imidazole rings is 1. The van der Waals surface area contributed by atoms with Crippen molar-refractivity contribution < 1.29 is 0 Å². The predicted molar refractivity (Wildman–Crippen MR) is 149 cm³/mol. The average molecular weight is 473 g/mol. The van der Waals surface area contributed by atoms with E-state index in [-0.39, 0.29) is 0 Å². The lowest BCUT2D eigenvalue weighted by molar-refractivity contribution is 0.679. The van der Waals surface area contributed by atoms with E-state index in [1.807, 2.05) is 6.20 Å². The van der Waals surface area contributed by atoms with Crippen molar-refractivity contribution in [3.8, 4) is 22.4 Å². The summed E-state index contributed by atoms with van der Waals surface area (Å²) in [7, 11) is 0. The van der Waals surface area contributed by atoms with Gasteiger partial charge in [-0.3, -0.25) is 4.99 Å². The molecule has 2 N–H and O–H groups in total. The zero-order valence-electron chi connectivity index (χ0n) is 20.6. The first-order valence-corrected chi connectivity index (χ1v) is 13.5. The van der Waals surface area contributed by atoms with Crippen molar-refractivity contribution in [3.05, 3.63) is 84.4 Å². The Morgan fingerprint density at radius 3 is 2.28 bits per heavy atom. The van der Waals surface area contributed by atoms with Crippen molar-refractivity contribution in [2.45, 2.75) is 56.9 Å². The molecule has 4 nitrogen and oxygen atoms in total. The number of aliphatic imine (C=N–C) groups is 1. The van der Waals surface area contributed by atoms with Crippen LogP contribution in [0.3, 0.4) is 0 Å². The van der Waals surface area contributed by atoms with Gasteiger partial charge in [-0.2, -0.15) is 0 Å². The zero-order valence-corrected chi connectivity index (χ0v) is 20.6. The van der Waals surface area contributed by atoms with Gasteiger partial charge in [0.15, 0.2) is 0 Å². The highest BCUT2D eigenvalue weighted by Gasteiger charge is 2.25. The number of hydrogen-bond donors (Lipinski definition) is 2. The number of benzene rings is 3. The minimum Gasteiger partial charge on any atom is -0.342 e. The summed E-state index contributed by atoms with van der Waals surface area (Å²) in [6, 6.07) is 22.8. The van der Waals surface area contributed by atoms with Gasteiger partial charge >= 0.3 is 0 Å². The monoisotopic (exact) mass is 472 g/mol. The smallest absolute Gasteiger partial charge is 0.109 e. The van der Waals surface area contributed by atoms with E-state index in [0.717, 1.165) is 24.5 Å². The van der Waals surface area contributed by atoms with Crippen LogP contribution in [0.4, 0.5) is 0 Å². The Hall–Kier alpha value is -3.50. The van der Waals surface area contributed by atoms with Crippen LogP contribution in [-0.4, -0.2) is 28.3 Å². The highest BCUT2D eigenvalue weighted by molar-refractivity contribution is 6.08. The number of nitrogens with zero attached hydrogens (tertiary/aromatic N) is 2. The van der Waals surface area contributed by atoms with E-state index in [0.29, 0.717) is 12.0 Å². The van der Waals surface area contributed by atoms with Crippen molar-refractivity contribution >= 4 is 22.1 Å². The van der Waals surface area contributed by atoms with E-state index in [9.17, 15) is 0 Å². The summed E-state index contributed by atoms with van der Waals surface area (Å²) in [4.78, 5) is 13.1. The summed E-state index contributed by atoms with van der Waals surface area (Å²) >= 11 is 0. The molecule has 0 amide bonds. The second-order valence-electron chi connectivity index (χ2n) is 10.5. The molecular weight excluding hydrogens is 440 g/mol. The van der Waals surface area contributed by atoms with Crippen molar-refractivity contribution in [2.75, 3.05) is 6.54 Å². The van der Waals surface area contributed by atoms with E-state index in [2.05, 4.69) is 77.2 Å². The van der Waals surface area contributed by atoms with Gasteiger partial charge in [0.25, 0.3) is 0 Å². The van der Waals surface area contributed by atoms with Crippen LogP contribution in [0.1, 0.15) is 62.3 Å². The third-order valence-corrected chi connectivity index (χ3v) is 8.33. The van der Waals surface area contributed by atoms with Gasteiger partial charge in [0.2, 0.25) is 0 Å². The molecule has 3 aromatic carbocycles. The van der Waals surface area contributed by atoms with E-state index < -0.39 is 0 Å². The molecule has 1 atom stereocenters. The van der Waals surface area contributed by atoms with Crippen LogP contribution in [0.15, 0.2) is 78.1 Å². The normalized spacial score (nSPS) is 20.3. The summed E-state index contributed by atoms with van der Waals surface area (Å²) in [5.41, 5.74) is 8.75. The standard InChI is InChI=1S/C32H32N4/c1-2-7-23(6-1)32-35-20-31(36-32)22-13-11-21(12-14-22)25-15-16-26(28-9-4-3-8-27(25)28)24-18-30(34-19-24)29-10-5-17-33-29/h3-4,8-9,11-16,19-20,23,29,33H,1-2,5-7,10,17-18H2,(H,35,36)/t29-/m0/s1. The Labute approximate surface area is 212 Å². The highest BCUT2D eigenvalue weighted by Crippen LogP contribution is 2.38. The summed E-state index contributed by atoms with van der Waals surface area (Å²) in [6.07, 6.45) is 12.7. The predicted octanol–water partition coefficient (Wildman–Crippen LogP) is 7.49. The minimum atomic E-state index is 0.451. The van der Waals surface area contributed by atoms with E-state index >= 15 is 0 Å². The molecule has 0 bridgehead atoms. The van der Waals surface area contributed by atoms with Gasteiger partial charge in [0.1, 0.15) is 5.82 Å². The third kappa shape index (κ3) is 3.90. The molecule has 7 rings (SSSR count). The van der Waals surface area contributed by atoms with Gasteiger partial charge in [-0.05, 0) is 70.8 Å². The zero-order chi connectivity index (χ0) is 23.9. The van der Waals surface area contributed by atoms with E-state index in [1.54, 1.807) is 0 Å². The van der Waals surface area contributed by atoms with E-state index in [4.69, 9.17) is 9.98 Å². The minimum absolute atomic E-state index is 0.451. The largest absolute Gasteiger partial charge is 0.342 e. The first-order valence-electron chi connectivity index (χ1n) is 13.5. The second-order valence-corrected chi connectivity index (χ2v) is 10.5. The quantitative estimate of drug-likeness (QED) is 0.316. The van der Waals surface area contributed by atoms with Crippen LogP contribution in [0, 0.1) is 0 Å². The van der Waals surface area contributed by atoms with E-state index in [1.165, 1.54) is 82.8 Å². The van der Waals surface area contributed by atoms with Crippen LogP contribution in [0.2, 0.25) is 0 Å². The fourth-order valence-corrected chi connectivity index (χ4v) is 6.34. The summed E-state index contributed by atoms with van der Waals surface area (Å²) in [6.45, 7) is 1.11. The Morgan fingerprint density at radius 1 is 0.750 bits per heavy atom. The maximum atomic E-state index is 4.81. The highest BCUT2D eigenvalue weighted by atomic mass is 15.0. The number of fused-ring (bicyclic) bond motifs is 1. The second kappa shape index (κ2) is 9.18. The van der Waals surface area contributed by atoms with Crippen molar-refractivity contribution in [1.29, 1.82) is 0 Å². The van der Waals surface area contributed by atoms with Gasteiger partial charge < -0.3 is 10.3 Å². The summed E-state index contributed by atoms with van der Waals surface area (Å²) < 4.78 is 0. The Kier molecular flexibility index (Phi) is 5.55. The van der Waals surface area contributed by atoms with Crippen molar-refractivity contribution in [3.63, 3.8) is 0 Å². The first kappa shape index (κ1) is 21.8. The van der Waals surface area contributed by atoms with Crippen molar-refractivity contribution in [1.82, 2.24) is 15.3 Å². The van der Waals surface area contributed by atoms with Crippen LogP contribution >= 0.6 is 0 Å². The lowest BCUT2D eigenvalue weighted by atomic mass is 9.90. The number of hydrogen-bond acceptors (Lipinski definition) is 3. The average Bonchev–Trinajstić information content (AvgIpc) is 3.75. The van der Waals surface area contributed by atoms with Crippen LogP contribution in [-0.2, 0) is 0 Å². The molecule has 4 aromatic rings. The number of rotatable bonds is 5. The number of H-pyrrole nitrogens is 1. The Morgan fingerprint density at radius 2 is 1.50 bits per heavy atom. The molecule has 1 saturated heterocycles. The van der Waals surface area contributed by atoms with Gasteiger partial charge in [-0.25, -0.2) is 4.98 Å². The number of allylic oxidation sites excluding steroid dienone is 1. The van der Waals surface area contributed by atoms with Gasteiger partial charge in [-0.15, -0.1) is 0 Å². The molecule has 0 radical (unpaired) electrons. The molecule has 2 aliphatic heterocycles. The summed E-state index contributed by atoms with van der Waals surface area (Å²) in [5, 5.41) is 6.19. The SMILES string of the molecule is C1=C(c2ccc(-c3ccc(-c4cnc(C5CCCC5)[nH]4)cc3)c3ccccc23)CC([C@@H]2CCCN2)=N1. The lowest BCUT2D eigenvalue weighted by Gasteiger charge is -2.14. The molecule has 0 unspecified atom stereocenters. The molecule has 0 spiro atoms. The molecule has 3 aliphatic rings.